The van der Waals surface area contributed by atoms with E-state index in [2.05, 4.69) is 27.8 Å². The molecule has 1 saturated carbocycles. The Morgan fingerprint density at radius 2 is 1.68 bits per heavy atom. The van der Waals surface area contributed by atoms with E-state index in [1.54, 1.807) is 13.3 Å². The maximum atomic E-state index is 9.35. The van der Waals surface area contributed by atoms with Gasteiger partial charge in [-0.05, 0) is 37.7 Å². The van der Waals surface area contributed by atoms with Crippen LogP contribution in [0.3, 0.4) is 0 Å². The van der Waals surface area contributed by atoms with E-state index in [0.29, 0.717) is 23.5 Å². The van der Waals surface area contributed by atoms with Crippen LogP contribution in [0, 0.1) is 23.2 Å². The second-order valence-electron chi connectivity index (χ2n) is 6.43. The number of piperidine rings is 1. The highest BCUT2D eigenvalue weighted by Gasteiger charge is 2.33. The molecule has 0 amide bonds. The molecule has 0 radical (unpaired) electrons. The topological polar surface area (TPSA) is 78.6 Å². The van der Waals surface area contributed by atoms with Crippen molar-refractivity contribution >= 4 is 5.69 Å². The smallest absolute Gasteiger partial charge is 0.115 e. The van der Waals surface area contributed by atoms with Gasteiger partial charge >= 0.3 is 0 Å². The van der Waals surface area contributed by atoms with Crippen LogP contribution in [0.15, 0.2) is 12.3 Å². The third-order valence-corrected chi connectivity index (χ3v) is 4.85. The van der Waals surface area contributed by atoms with Crippen LogP contribution in [-0.2, 0) is 9.47 Å². The molecule has 174 valence electrons. The molecule has 1 aliphatic carbocycles. The summed E-state index contributed by atoms with van der Waals surface area (Å²) in [5.41, 5.74) is 1.98. The fraction of sp³-hybridized carbons (Fsp3) is 0.680. The Bertz CT molecular complexity index is 692. The highest BCUT2D eigenvalue weighted by Crippen LogP contribution is 2.30. The van der Waals surface area contributed by atoms with Crippen LogP contribution in [0.25, 0.3) is 0 Å². The molecule has 3 rings (SSSR count). The van der Waals surface area contributed by atoms with E-state index in [-0.39, 0.29) is 12.7 Å². The lowest BCUT2D eigenvalue weighted by molar-refractivity contribution is -0.119. The monoisotopic (exact) mass is 431 g/mol. The summed E-state index contributed by atoms with van der Waals surface area (Å²) in [7, 11) is 1.75. The molecule has 1 aromatic heterocycles. The van der Waals surface area contributed by atoms with E-state index in [1.165, 1.54) is 0 Å². The summed E-state index contributed by atoms with van der Waals surface area (Å²) in [6, 6.07) is 4.03. The zero-order chi connectivity index (χ0) is 23.6. The molecular formula is C25H41N3O3. The molecular weight excluding hydrogens is 390 g/mol. The molecule has 1 aliphatic heterocycles. The number of methoxy groups -OCH3 is 1. The predicted octanol–water partition coefficient (Wildman–Crippen LogP) is 4.54. The van der Waals surface area contributed by atoms with E-state index < -0.39 is 0 Å². The third-order valence-electron chi connectivity index (χ3n) is 4.85. The van der Waals surface area contributed by atoms with Gasteiger partial charge in [-0.25, -0.2) is 4.98 Å². The second kappa shape index (κ2) is 17.5. The van der Waals surface area contributed by atoms with Crippen LogP contribution >= 0.6 is 0 Å². The zero-order valence-corrected chi connectivity index (χ0v) is 20.4. The lowest BCUT2D eigenvalue weighted by Gasteiger charge is -2.40. The maximum absolute atomic E-state index is 9.35. The molecule has 0 unspecified atom stereocenters. The van der Waals surface area contributed by atoms with Crippen molar-refractivity contribution in [1.82, 2.24) is 4.98 Å². The molecule has 0 spiro atoms. The fourth-order valence-electron chi connectivity index (χ4n) is 3.32. The van der Waals surface area contributed by atoms with Crippen LogP contribution in [0.1, 0.15) is 78.5 Å². The van der Waals surface area contributed by atoms with Gasteiger partial charge in [0.05, 0.1) is 29.6 Å². The van der Waals surface area contributed by atoms with Gasteiger partial charge in [0.25, 0.3) is 0 Å². The minimum atomic E-state index is -0.204. The average Bonchev–Trinajstić information content (AvgIpc) is 2.84. The second-order valence-corrected chi connectivity index (χ2v) is 6.43. The summed E-state index contributed by atoms with van der Waals surface area (Å²) in [5.74, 6) is 5.39. The number of aliphatic hydroxyl groups excluding tert-OH is 1. The van der Waals surface area contributed by atoms with Crippen LogP contribution in [0.5, 0.6) is 0 Å². The molecule has 6 nitrogen and oxygen atoms in total. The van der Waals surface area contributed by atoms with Gasteiger partial charge in [0.15, 0.2) is 0 Å². The summed E-state index contributed by atoms with van der Waals surface area (Å²) >= 11 is 0. The van der Waals surface area contributed by atoms with Crippen LogP contribution in [-0.4, -0.2) is 55.2 Å². The molecule has 2 aliphatic rings. The quantitative estimate of drug-likeness (QED) is 0.705. The number of rotatable bonds is 4. The molecule has 0 atom stereocenters. The van der Waals surface area contributed by atoms with Crippen molar-refractivity contribution in [3.63, 3.8) is 0 Å². The Kier molecular flexibility index (Phi) is 16.3. The van der Waals surface area contributed by atoms with Gasteiger partial charge in [0, 0.05) is 26.4 Å². The highest BCUT2D eigenvalue weighted by molar-refractivity contribution is 5.60. The molecule has 31 heavy (non-hydrogen) atoms. The third kappa shape index (κ3) is 9.27. The number of aliphatic hydroxyl groups is 1. The van der Waals surface area contributed by atoms with Crippen molar-refractivity contribution in [2.75, 3.05) is 31.7 Å². The van der Waals surface area contributed by atoms with Crippen LogP contribution < -0.4 is 4.90 Å². The molecule has 0 bridgehead atoms. The van der Waals surface area contributed by atoms with Gasteiger partial charge in [0.2, 0.25) is 0 Å². The molecule has 6 heteroatoms. The van der Waals surface area contributed by atoms with E-state index in [1.807, 2.05) is 47.6 Å². The Morgan fingerprint density at radius 3 is 2.19 bits per heavy atom. The first-order valence-electron chi connectivity index (χ1n) is 11.7. The first-order chi connectivity index (χ1) is 15.2. The fourth-order valence-corrected chi connectivity index (χ4v) is 3.32. The highest BCUT2D eigenvalue weighted by atomic mass is 16.5. The van der Waals surface area contributed by atoms with Crippen molar-refractivity contribution in [1.29, 1.82) is 5.26 Å². The van der Waals surface area contributed by atoms with Crippen LogP contribution in [0.4, 0.5) is 5.69 Å². The van der Waals surface area contributed by atoms with Gasteiger partial charge in [0.1, 0.15) is 18.4 Å². The minimum absolute atomic E-state index is 0.204. The van der Waals surface area contributed by atoms with Crippen LogP contribution in [0.2, 0.25) is 0 Å². The van der Waals surface area contributed by atoms with E-state index in [0.717, 1.165) is 44.5 Å². The maximum Gasteiger partial charge on any atom is 0.115 e. The molecule has 0 aromatic carbocycles. The molecule has 2 fully saturated rings. The first kappa shape index (κ1) is 28.9. The van der Waals surface area contributed by atoms with Gasteiger partial charge in [-0.1, -0.05) is 47.5 Å². The Balaban J connectivity index is 0.00000138. The molecule has 1 saturated heterocycles. The van der Waals surface area contributed by atoms with Crippen molar-refractivity contribution in [2.45, 2.75) is 85.5 Å². The van der Waals surface area contributed by atoms with Gasteiger partial charge in [-0.3, -0.25) is 0 Å². The molecule has 1 aromatic rings. The zero-order valence-electron chi connectivity index (χ0n) is 20.4. The number of anilines is 1. The number of aromatic nitrogens is 1. The number of hydrogen-bond acceptors (Lipinski definition) is 6. The summed E-state index contributed by atoms with van der Waals surface area (Å²) in [6.45, 7) is 13.5. The SMILES string of the molecule is CC.CC.CC.COC1CC(OC2CCN(c3cc(C#CCO)ncc3C#N)CC2)C1. The number of ether oxygens (including phenoxy) is 2. The number of pyridine rings is 1. The molecule has 2 heterocycles. The summed E-state index contributed by atoms with van der Waals surface area (Å²) in [5, 5.41) is 18.2. The van der Waals surface area contributed by atoms with Gasteiger partial charge < -0.3 is 19.5 Å². The minimum Gasteiger partial charge on any atom is -0.384 e. The van der Waals surface area contributed by atoms with Crippen molar-refractivity contribution in [3.8, 4) is 17.9 Å². The van der Waals surface area contributed by atoms with E-state index >= 15 is 0 Å². The lowest BCUT2D eigenvalue weighted by Crippen LogP contribution is -2.43. The van der Waals surface area contributed by atoms with Crippen molar-refractivity contribution in [3.05, 3.63) is 23.5 Å². The van der Waals surface area contributed by atoms with Crippen molar-refractivity contribution < 1.29 is 14.6 Å². The Labute approximate surface area is 189 Å². The summed E-state index contributed by atoms with van der Waals surface area (Å²) < 4.78 is 11.4. The predicted molar refractivity (Wildman–Crippen MR) is 127 cm³/mol. The lowest BCUT2D eigenvalue weighted by atomic mass is 9.91. The number of hydrogen-bond donors (Lipinski definition) is 1. The first-order valence-corrected chi connectivity index (χ1v) is 11.7. The largest absolute Gasteiger partial charge is 0.384 e. The summed E-state index contributed by atoms with van der Waals surface area (Å²) in [6.07, 6.45) is 6.39. The van der Waals surface area contributed by atoms with Gasteiger partial charge in [-0.15, -0.1) is 0 Å². The Hall–Kier alpha value is -2.12. The molecule has 1 N–H and O–H groups in total. The van der Waals surface area contributed by atoms with Gasteiger partial charge in [-0.2, -0.15) is 5.26 Å². The van der Waals surface area contributed by atoms with E-state index in [9.17, 15) is 5.26 Å². The standard InChI is InChI=1S/C19H23N3O3.3C2H6/c1-24-17-10-18(11-17)25-16-4-6-22(7-5-16)19-9-15(3-2-8-23)21-13-14(19)12-20;3*1-2/h9,13,16-18,23H,4-8,10-11H2,1H3;3*1-2H3. The van der Waals surface area contributed by atoms with E-state index in [4.69, 9.17) is 14.6 Å². The Morgan fingerprint density at radius 1 is 1.06 bits per heavy atom. The van der Waals surface area contributed by atoms with Crippen molar-refractivity contribution in [2.24, 2.45) is 0 Å². The number of nitrogens with zero attached hydrogens (tertiary/aromatic N) is 3. The normalized spacial score (nSPS) is 19.4. The summed E-state index contributed by atoms with van der Waals surface area (Å²) in [4.78, 5) is 6.36. The number of nitriles is 1. The average molecular weight is 432 g/mol.